The fraction of sp³-hybridized carbons (Fsp3) is 0.263. The van der Waals surface area contributed by atoms with Gasteiger partial charge in [0, 0.05) is 31.3 Å². The van der Waals surface area contributed by atoms with Gasteiger partial charge in [-0.25, -0.2) is 9.97 Å². The summed E-state index contributed by atoms with van der Waals surface area (Å²) in [6, 6.07) is 8.33. The van der Waals surface area contributed by atoms with E-state index in [1.54, 1.807) is 29.3 Å². The number of nitrogens with one attached hydrogen (secondary N) is 2. The molecule has 2 heterocycles. The van der Waals surface area contributed by atoms with E-state index in [-0.39, 0.29) is 0 Å². The number of hydrogen-bond donors (Lipinski definition) is 2. The number of aromatic nitrogens is 2. The fourth-order valence-corrected chi connectivity index (χ4v) is 4.10. The lowest BCUT2D eigenvalue weighted by Crippen LogP contribution is -2.01. The first-order valence-electron chi connectivity index (χ1n) is 8.40. The maximum absolute atomic E-state index is 5.63. The lowest BCUT2D eigenvalue weighted by molar-refractivity contribution is 0.476. The number of thioether (sulfide) groups is 1. The zero-order chi connectivity index (χ0) is 18.4. The Morgan fingerprint density at radius 1 is 1.23 bits per heavy atom. The normalized spacial score (nSPS) is 10.7. The number of anilines is 2. The van der Waals surface area contributed by atoms with Gasteiger partial charge in [0.05, 0.1) is 22.4 Å². The van der Waals surface area contributed by atoms with E-state index >= 15 is 0 Å². The summed E-state index contributed by atoms with van der Waals surface area (Å²) >= 11 is 3.29. The van der Waals surface area contributed by atoms with Crippen LogP contribution in [0.1, 0.15) is 24.1 Å². The first-order valence-corrected chi connectivity index (χ1v) is 10.2. The molecule has 26 heavy (non-hydrogen) atoms. The summed E-state index contributed by atoms with van der Waals surface area (Å²) in [5.41, 5.74) is 3.24. The number of oxazole rings is 1. The van der Waals surface area contributed by atoms with Crippen molar-refractivity contribution in [2.24, 2.45) is 0 Å². The first kappa shape index (κ1) is 18.5. The van der Waals surface area contributed by atoms with Gasteiger partial charge in [-0.2, -0.15) is 0 Å². The molecule has 7 heteroatoms. The van der Waals surface area contributed by atoms with Gasteiger partial charge in [-0.3, -0.25) is 0 Å². The molecule has 0 aliphatic heterocycles. The molecule has 0 radical (unpaired) electrons. The third-order valence-electron chi connectivity index (χ3n) is 3.72. The van der Waals surface area contributed by atoms with Gasteiger partial charge >= 0.3 is 0 Å². The number of rotatable bonds is 9. The summed E-state index contributed by atoms with van der Waals surface area (Å²) in [6.45, 7) is 6.17. The summed E-state index contributed by atoms with van der Waals surface area (Å²) in [5.74, 6) is 2.39. The third kappa shape index (κ3) is 5.12. The minimum Gasteiger partial charge on any atom is -0.445 e. The molecule has 0 aliphatic carbocycles. The zero-order valence-corrected chi connectivity index (χ0v) is 16.5. The molecule has 3 aromatic rings. The second kappa shape index (κ2) is 8.91. The summed E-state index contributed by atoms with van der Waals surface area (Å²) in [6.07, 6.45) is 5.30. The number of hydrogen-bond acceptors (Lipinski definition) is 7. The predicted octanol–water partition coefficient (Wildman–Crippen LogP) is 5.20. The summed E-state index contributed by atoms with van der Waals surface area (Å²) in [4.78, 5) is 8.70. The Kier molecular flexibility index (Phi) is 6.35. The molecule has 0 saturated carbocycles. The van der Waals surface area contributed by atoms with Gasteiger partial charge < -0.3 is 15.1 Å². The van der Waals surface area contributed by atoms with Gasteiger partial charge in [-0.05, 0) is 17.7 Å². The van der Waals surface area contributed by atoms with Crippen LogP contribution in [0.15, 0.2) is 57.6 Å². The minimum absolute atomic E-state index is 0.709. The van der Waals surface area contributed by atoms with E-state index in [1.165, 1.54) is 5.56 Å². The van der Waals surface area contributed by atoms with Crippen molar-refractivity contribution in [3.8, 4) is 0 Å². The van der Waals surface area contributed by atoms with Gasteiger partial charge in [0.2, 0.25) is 5.89 Å². The second-order valence-electron chi connectivity index (χ2n) is 5.70. The lowest BCUT2D eigenvalue weighted by atomic mass is 10.1. The molecule has 0 aliphatic rings. The van der Waals surface area contributed by atoms with Gasteiger partial charge in [0.25, 0.3) is 0 Å². The first-order chi connectivity index (χ1) is 12.7. The van der Waals surface area contributed by atoms with Crippen molar-refractivity contribution in [3.05, 3.63) is 66.1 Å². The molecular formula is C19H22N4OS2. The molecule has 136 valence electrons. The quantitative estimate of drug-likeness (QED) is 0.493. The largest absolute Gasteiger partial charge is 0.445 e. The van der Waals surface area contributed by atoms with Crippen LogP contribution in [0.5, 0.6) is 0 Å². The molecular weight excluding hydrogens is 364 g/mol. The molecule has 5 nitrogen and oxygen atoms in total. The number of benzene rings is 1. The van der Waals surface area contributed by atoms with E-state index in [1.807, 2.05) is 13.2 Å². The molecule has 0 fully saturated rings. The predicted molar refractivity (Wildman–Crippen MR) is 110 cm³/mol. The number of nitrogens with zero attached hydrogens (tertiary/aromatic N) is 2. The lowest BCUT2D eigenvalue weighted by Gasteiger charge is -2.07. The summed E-state index contributed by atoms with van der Waals surface area (Å²) in [5, 5.41) is 7.27. The number of allylic oxidation sites excluding steroid dienone is 1. The zero-order valence-electron chi connectivity index (χ0n) is 14.9. The van der Waals surface area contributed by atoms with Crippen molar-refractivity contribution in [2.75, 3.05) is 17.7 Å². The van der Waals surface area contributed by atoms with Crippen LogP contribution in [0.3, 0.4) is 0 Å². The fourth-order valence-electron chi connectivity index (χ4n) is 2.33. The highest BCUT2D eigenvalue weighted by atomic mass is 32.2. The Morgan fingerprint density at radius 3 is 2.73 bits per heavy atom. The van der Waals surface area contributed by atoms with Gasteiger partial charge in [0.15, 0.2) is 5.13 Å². The molecule has 0 unspecified atom stereocenters. The highest BCUT2D eigenvalue weighted by molar-refractivity contribution is 8.00. The van der Waals surface area contributed by atoms with Crippen LogP contribution in [0.4, 0.5) is 10.8 Å². The smallest absolute Gasteiger partial charge is 0.204 e. The van der Waals surface area contributed by atoms with Gasteiger partial charge in [0.1, 0.15) is 5.76 Å². The third-order valence-corrected chi connectivity index (χ3v) is 5.81. The Hall–Kier alpha value is -2.25. The van der Waals surface area contributed by atoms with Crippen LogP contribution in [0.2, 0.25) is 0 Å². The van der Waals surface area contributed by atoms with Crippen LogP contribution in [0.25, 0.3) is 0 Å². The summed E-state index contributed by atoms with van der Waals surface area (Å²) in [7, 11) is 1.91. The van der Waals surface area contributed by atoms with Crippen LogP contribution in [-0.4, -0.2) is 17.0 Å². The van der Waals surface area contributed by atoms with Crippen LogP contribution in [-0.2, 0) is 18.6 Å². The van der Waals surface area contributed by atoms with E-state index in [9.17, 15) is 0 Å². The van der Waals surface area contributed by atoms with Crippen molar-refractivity contribution in [3.63, 3.8) is 0 Å². The maximum atomic E-state index is 5.63. The molecule has 0 spiro atoms. The average molecular weight is 387 g/mol. The SMILES string of the molecule is C=C(Cc1ccc(NC)cc1)Nc1ncc(SCc2ncc(CC)o2)s1. The molecule has 0 saturated heterocycles. The number of thiazole rings is 1. The van der Waals surface area contributed by atoms with Crippen LogP contribution in [0, 0.1) is 0 Å². The van der Waals surface area contributed by atoms with E-state index < -0.39 is 0 Å². The van der Waals surface area contributed by atoms with Crippen LogP contribution < -0.4 is 10.6 Å². The Balaban J connectivity index is 1.49. The minimum atomic E-state index is 0.709. The van der Waals surface area contributed by atoms with Gasteiger partial charge in [-0.1, -0.05) is 37.0 Å². The Bertz CT molecular complexity index is 855. The van der Waals surface area contributed by atoms with Crippen molar-refractivity contribution >= 4 is 33.9 Å². The van der Waals surface area contributed by atoms with E-state index in [0.29, 0.717) is 5.75 Å². The second-order valence-corrected chi connectivity index (χ2v) is 8.01. The van der Waals surface area contributed by atoms with Crippen molar-refractivity contribution in [1.82, 2.24) is 9.97 Å². The molecule has 0 amide bonds. The van der Waals surface area contributed by atoms with Crippen LogP contribution >= 0.6 is 23.1 Å². The van der Waals surface area contributed by atoms with Crippen molar-refractivity contribution in [2.45, 2.75) is 29.7 Å². The van der Waals surface area contributed by atoms with Crippen molar-refractivity contribution < 1.29 is 4.42 Å². The van der Waals surface area contributed by atoms with E-state index in [0.717, 1.165) is 45.2 Å². The highest BCUT2D eigenvalue weighted by Gasteiger charge is 2.08. The molecule has 3 rings (SSSR count). The molecule has 2 N–H and O–H groups in total. The molecule has 1 aromatic carbocycles. The Labute approximate surface area is 162 Å². The summed E-state index contributed by atoms with van der Waals surface area (Å²) < 4.78 is 6.75. The molecule has 0 atom stereocenters. The maximum Gasteiger partial charge on any atom is 0.204 e. The molecule has 0 bridgehead atoms. The monoisotopic (exact) mass is 386 g/mol. The van der Waals surface area contributed by atoms with Gasteiger partial charge in [-0.15, -0.1) is 11.8 Å². The van der Waals surface area contributed by atoms with E-state index in [4.69, 9.17) is 4.42 Å². The number of aryl methyl sites for hydroxylation is 1. The molecule has 2 aromatic heterocycles. The Morgan fingerprint density at radius 2 is 2.04 bits per heavy atom. The standard InChI is InChI=1S/C19H22N4OS2/c1-4-16-10-21-17(24-16)12-25-18-11-22-19(26-18)23-13(2)9-14-5-7-15(20-3)8-6-14/h5-8,10-11,20H,2,4,9,12H2,1,3H3,(H,22,23). The van der Waals surface area contributed by atoms with Crippen molar-refractivity contribution in [1.29, 1.82) is 0 Å². The topological polar surface area (TPSA) is 63.0 Å². The highest BCUT2D eigenvalue weighted by Crippen LogP contribution is 2.31. The average Bonchev–Trinajstić information content (AvgIpc) is 3.29. The van der Waals surface area contributed by atoms with E-state index in [2.05, 4.69) is 58.4 Å².